The van der Waals surface area contributed by atoms with Gasteiger partial charge >= 0.3 is 0 Å². The first-order chi connectivity index (χ1) is 7.99. The first-order valence-corrected chi connectivity index (χ1v) is 5.47. The molecule has 96 valence electrons. The Labute approximate surface area is 99.4 Å². The molecule has 3 nitrogen and oxygen atoms in total. The van der Waals surface area contributed by atoms with Gasteiger partial charge < -0.3 is 15.2 Å². The summed E-state index contributed by atoms with van der Waals surface area (Å²) < 4.78 is 31.2. The SMILES string of the molecule is CC(C)OCC(O)CNc1cc(F)ccc1F. The van der Waals surface area contributed by atoms with Gasteiger partial charge in [-0.2, -0.15) is 0 Å². The molecule has 0 aliphatic carbocycles. The summed E-state index contributed by atoms with van der Waals surface area (Å²) in [5.41, 5.74) is 0.0357. The van der Waals surface area contributed by atoms with E-state index in [9.17, 15) is 13.9 Å². The summed E-state index contributed by atoms with van der Waals surface area (Å²) in [6.07, 6.45) is -0.740. The van der Waals surface area contributed by atoms with Gasteiger partial charge in [-0.3, -0.25) is 0 Å². The molecule has 1 aromatic rings. The van der Waals surface area contributed by atoms with E-state index in [4.69, 9.17) is 4.74 Å². The van der Waals surface area contributed by atoms with Crippen LogP contribution in [0.1, 0.15) is 13.8 Å². The van der Waals surface area contributed by atoms with Gasteiger partial charge in [0.15, 0.2) is 0 Å². The van der Waals surface area contributed by atoms with Crippen molar-refractivity contribution < 1.29 is 18.6 Å². The molecule has 0 heterocycles. The molecule has 0 aliphatic heterocycles. The van der Waals surface area contributed by atoms with Crippen molar-refractivity contribution in [1.29, 1.82) is 0 Å². The van der Waals surface area contributed by atoms with Crippen LogP contribution in [0, 0.1) is 11.6 Å². The molecule has 0 amide bonds. The quantitative estimate of drug-likeness (QED) is 0.807. The van der Waals surface area contributed by atoms with Gasteiger partial charge in [-0.25, -0.2) is 8.78 Å². The Morgan fingerprint density at radius 3 is 2.71 bits per heavy atom. The lowest BCUT2D eigenvalue weighted by atomic mass is 10.2. The van der Waals surface area contributed by atoms with E-state index in [1.165, 1.54) is 0 Å². The second-order valence-corrected chi connectivity index (χ2v) is 4.04. The highest BCUT2D eigenvalue weighted by Crippen LogP contribution is 2.14. The van der Waals surface area contributed by atoms with Crippen molar-refractivity contribution in [1.82, 2.24) is 0 Å². The summed E-state index contributed by atoms with van der Waals surface area (Å²) in [6, 6.07) is 3.12. The molecule has 1 atom stereocenters. The fraction of sp³-hybridized carbons (Fsp3) is 0.500. The summed E-state index contributed by atoms with van der Waals surface area (Å²) in [6.45, 7) is 3.97. The Morgan fingerprint density at radius 1 is 1.35 bits per heavy atom. The van der Waals surface area contributed by atoms with Crippen molar-refractivity contribution in [3.05, 3.63) is 29.8 Å². The van der Waals surface area contributed by atoms with E-state index < -0.39 is 17.7 Å². The predicted molar refractivity (Wildman–Crippen MR) is 61.9 cm³/mol. The lowest BCUT2D eigenvalue weighted by molar-refractivity contribution is 0.0112. The van der Waals surface area contributed by atoms with Crippen molar-refractivity contribution in [3.63, 3.8) is 0 Å². The molecule has 0 saturated carbocycles. The zero-order valence-corrected chi connectivity index (χ0v) is 9.91. The number of aliphatic hydroxyl groups excluding tert-OH is 1. The Kier molecular flexibility index (Phi) is 5.31. The van der Waals surface area contributed by atoms with Crippen LogP contribution in [0.3, 0.4) is 0 Å². The number of nitrogens with one attached hydrogen (secondary N) is 1. The number of rotatable bonds is 6. The second kappa shape index (κ2) is 6.51. The van der Waals surface area contributed by atoms with Crippen LogP contribution in [0.15, 0.2) is 18.2 Å². The van der Waals surface area contributed by atoms with Gasteiger partial charge in [-0.1, -0.05) is 0 Å². The molecule has 17 heavy (non-hydrogen) atoms. The van der Waals surface area contributed by atoms with Crippen molar-refractivity contribution in [2.24, 2.45) is 0 Å². The number of hydrogen-bond donors (Lipinski definition) is 2. The molecule has 1 aromatic carbocycles. The van der Waals surface area contributed by atoms with Crippen LogP contribution in [0.4, 0.5) is 14.5 Å². The average molecular weight is 245 g/mol. The fourth-order valence-corrected chi connectivity index (χ4v) is 1.22. The molecule has 1 rings (SSSR count). The van der Waals surface area contributed by atoms with Gasteiger partial charge in [-0.05, 0) is 32.0 Å². The standard InChI is InChI=1S/C12H17F2NO2/c1-8(2)17-7-10(16)6-15-12-5-9(13)3-4-11(12)14/h3-5,8,10,15-16H,6-7H2,1-2H3. The third-order valence-corrected chi connectivity index (χ3v) is 2.08. The highest BCUT2D eigenvalue weighted by Gasteiger charge is 2.08. The summed E-state index contributed by atoms with van der Waals surface area (Å²) in [5.74, 6) is -1.08. The molecule has 0 saturated heterocycles. The normalized spacial score (nSPS) is 12.8. The number of anilines is 1. The largest absolute Gasteiger partial charge is 0.389 e. The van der Waals surface area contributed by atoms with Gasteiger partial charge in [0.2, 0.25) is 0 Å². The van der Waals surface area contributed by atoms with Crippen LogP contribution in [-0.2, 0) is 4.74 Å². The van der Waals surface area contributed by atoms with Crippen LogP contribution in [0.25, 0.3) is 0 Å². The first-order valence-electron chi connectivity index (χ1n) is 5.47. The topological polar surface area (TPSA) is 41.5 Å². The van der Waals surface area contributed by atoms with Gasteiger partial charge in [0.1, 0.15) is 11.6 Å². The zero-order valence-electron chi connectivity index (χ0n) is 9.91. The third-order valence-electron chi connectivity index (χ3n) is 2.08. The Bertz CT molecular complexity index is 358. The smallest absolute Gasteiger partial charge is 0.146 e. The first kappa shape index (κ1) is 13.9. The molecule has 0 bridgehead atoms. The lowest BCUT2D eigenvalue weighted by Gasteiger charge is -2.15. The highest BCUT2D eigenvalue weighted by atomic mass is 19.1. The van der Waals surface area contributed by atoms with Crippen LogP contribution < -0.4 is 5.32 Å². The number of ether oxygens (including phenoxy) is 1. The van der Waals surface area contributed by atoms with Crippen molar-refractivity contribution in [2.45, 2.75) is 26.1 Å². The fourth-order valence-electron chi connectivity index (χ4n) is 1.22. The van der Waals surface area contributed by atoms with Crippen molar-refractivity contribution >= 4 is 5.69 Å². The molecule has 0 spiro atoms. The molecule has 2 N–H and O–H groups in total. The average Bonchev–Trinajstić information content (AvgIpc) is 2.27. The van der Waals surface area contributed by atoms with E-state index in [1.54, 1.807) is 0 Å². The van der Waals surface area contributed by atoms with Crippen LogP contribution >= 0.6 is 0 Å². The van der Waals surface area contributed by atoms with E-state index in [1.807, 2.05) is 13.8 Å². The molecular formula is C12H17F2NO2. The zero-order chi connectivity index (χ0) is 12.8. The van der Waals surface area contributed by atoms with Crippen molar-refractivity contribution in [2.75, 3.05) is 18.5 Å². The second-order valence-electron chi connectivity index (χ2n) is 4.04. The molecule has 1 unspecified atom stereocenters. The minimum atomic E-state index is -0.764. The number of aliphatic hydroxyl groups is 1. The molecule has 0 fully saturated rings. The summed E-state index contributed by atoms with van der Waals surface area (Å²) in [7, 11) is 0. The van der Waals surface area contributed by atoms with E-state index >= 15 is 0 Å². The van der Waals surface area contributed by atoms with Crippen molar-refractivity contribution in [3.8, 4) is 0 Å². The van der Waals surface area contributed by atoms with E-state index in [-0.39, 0.29) is 24.9 Å². The number of halogens is 2. The van der Waals surface area contributed by atoms with Gasteiger partial charge in [0, 0.05) is 6.54 Å². The highest BCUT2D eigenvalue weighted by molar-refractivity contribution is 5.44. The van der Waals surface area contributed by atoms with Gasteiger partial charge in [0.05, 0.1) is 24.5 Å². The molecule has 0 aliphatic rings. The summed E-state index contributed by atoms with van der Waals surface area (Å²) in [4.78, 5) is 0. The Morgan fingerprint density at radius 2 is 2.06 bits per heavy atom. The molecule has 5 heteroatoms. The summed E-state index contributed by atoms with van der Waals surface area (Å²) in [5, 5.41) is 12.1. The monoisotopic (exact) mass is 245 g/mol. The predicted octanol–water partition coefficient (Wildman–Crippen LogP) is 2.16. The van der Waals surface area contributed by atoms with Gasteiger partial charge in [-0.15, -0.1) is 0 Å². The Balaban J connectivity index is 2.41. The number of benzene rings is 1. The minimum absolute atomic E-state index is 0.0237. The Hall–Kier alpha value is -1.20. The van der Waals surface area contributed by atoms with E-state index in [0.717, 1.165) is 18.2 Å². The minimum Gasteiger partial charge on any atom is -0.389 e. The maximum absolute atomic E-state index is 13.2. The van der Waals surface area contributed by atoms with E-state index in [2.05, 4.69) is 5.32 Å². The third kappa shape index (κ3) is 5.10. The van der Waals surface area contributed by atoms with E-state index in [0.29, 0.717) is 0 Å². The van der Waals surface area contributed by atoms with Crippen LogP contribution in [-0.4, -0.2) is 30.5 Å². The maximum Gasteiger partial charge on any atom is 0.146 e. The van der Waals surface area contributed by atoms with Crippen LogP contribution in [0.2, 0.25) is 0 Å². The number of hydrogen-bond acceptors (Lipinski definition) is 3. The summed E-state index contributed by atoms with van der Waals surface area (Å²) >= 11 is 0. The van der Waals surface area contributed by atoms with Crippen LogP contribution in [0.5, 0.6) is 0 Å². The van der Waals surface area contributed by atoms with Gasteiger partial charge in [0.25, 0.3) is 0 Å². The maximum atomic E-state index is 13.2. The molecular weight excluding hydrogens is 228 g/mol. The molecule has 0 radical (unpaired) electrons. The molecule has 0 aromatic heterocycles. The lowest BCUT2D eigenvalue weighted by Crippen LogP contribution is -2.26.